The lowest BCUT2D eigenvalue weighted by Crippen LogP contribution is -2.09. The van der Waals surface area contributed by atoms with Gasteiger partial charge in [-0.15, -0.1) is 0 Å². The SMILES string of the molecule is CC(C)Cc1ccc(C(CCN)C2CC2)cc1. The average Bonchev–Trinajstić information content (AvgIpc) is 3.10. The minimum atomic E-state index is 0.716. The molecule has 0 saturated heterocycles. The van der Waals surface area contributed by atoms with Crippen molar-refractivity contribution in [3.8, 4) is 0 Å². The predicted molar refractivity (Wildman–Crippen MR) is 74.1 cm³/mol. The van der Waals surface area contributed by atoms with Crippen LogP contribution in [0.3, 0.4) is 0 Å². The Morgan fingerprint density at radius 2 is 1.82 bits per heavy atom. The monoisotopic (exact) mass is 231 g/mol. The molecule has 0 aliphatic heterocycles. The fraction of sp³-hybridized carbons (Fsp3) is 0.625. The highest BCUT2D eigenvalue weighted by Crippen LogP contribution is 2.44. The van der Waals surface area contributed by atoms with E-state index in [1.165, 1.54) is 30.4 Å². The van der Waals surface area contributed by atoms with Gasteiger partial charge in [0.05, 0.1) is 0 Å². The van der Waals surface area contributed by atoms with Gasteiger partial charge in [-0.25, -0.2) is 0 Å². The Hall–Kier alpha value is -0.820. The summed E-state index contributed by atoms with van der Waals surface area (Å²) in [6, 6.07) is 9.27. The van der Waals surface area contributed by atoms with Crippen LogP contribution in [0.4, 0.5) is 0 Å². The first kappa shape index (κ1) is 12.6. The third-order valence-corrected chi connectivity index (χ3v) is 3.72. The highest BCUT2D eigenvalue weighted by atomic mass is 14.5. The van der Waals surface area contributed by atoms with Crippen LogP contribution in [0.5, 0.6) is 0 Å². The molecule has 0 spiro atoms. The molecule has 1 nitrogen and oxygen atoms in total. The van der Waals surface area contributed by atoms with Gasteiger partial charge in [-0.05, 0) is 61.1 Å². The highest BCUT2D eigenvalue weighted by Gasteiger charge is 2.31. The Balaban J connectivity index is 2.04. The van der Waals surface area contributed by atoms with E-state index >= 15 is 0 Å². The lowest BCUT2D eigenvalue weighted by molar-refractivity contribution is 0.565. The second kappa shape index (κ2) is 5.68. The molecule has 1 aliphatic carbocycles. The topological polar surface area (TPSA) is 26.0 Å². The zero-order chi connectivity index (χ0) is 12.3. The second-order valence-corrected chi connectivity index (χ2v) is 5.86. The van der Waals surface area contributed by atoms with Crippen LogP contribution in [0, 0.1) is 11.8 Å². The van der Waals surface area contributed by atoms with Crippen LogP contribution in [-0.4, -0.2) is 6.54 Å². The zero-order valence-corrected chi connectivity index (χ0v) is 11.2. The quantitative estimate of drug-likeness (QED) is 0.793. The molecule has 1 aliphatic rings. The predicted octanol–water partition coefficient (Wildman–Crippen LogP) is 3.73. The summed E-state index contributed by atoms with van der Waals surface area (Å²) in [5.41, 5.74) is 8.70. The average molecular weight is 231 g/mol. The van der Waals surface area contributed by atoms with Crippen LogP contribution in [0.1, 0.15) is 50.2 Å². The molecule has 0 bridgehead atoms. The lowest BCUT2D eigenvalue weighted by atomic mass is 9.90. The van der Waals surface area contributed by atoms with E-state index in [0.717, 1.165) is 24.8 Å². The molecular weight excluding hydrogens is 206 g/mol. The van der Waals surface area contributed by atoms with Gasteiger partial charge in [0.1, 0.15) is 0 Å². The van der Waals surface area contributed by atoms with Gasteiger partial charge < -0.3 is 5.73 Å². The number of benzene rings is 1. The molecular formula is C16H25N. The molecule has 17 heavy (non-hydrogen) atoms. The number of nitrogens with two attached hydrogens (primary N) is 1. The van der Waals surface area contributed by atoms with Crippen LogP contribution >= 0.6 is 0 Å². The normalized spacial score (nSPS) is 17.4. The minimum Gasteiger partial charge on any atom is -0.330 e. The molecule has 2 N–H and O–H groups in total. The molecule has 0 heterocycles. The number of rotatable bonds is 6. The Kier molecular flexibility index (Phi) is 4.22. The summed E-state index contributed by atoms with van der Waals surface area (Å²) < 4.78 is 0. The van der Waals surface area contributed by atoms with E-state index in [1.54, 1.807) is 0 Å². The van der Waals surface area contributed by atoms with Crippen molar-refractivity contribution in [2.75, 3.05) is 6.54 Å². The standard InChI is InChI=1S/C16H25N/c1-12(2)11-13-3-5-14(6-4-13)16(9-10-17)15-7-8-15/h3-6,12,15-16H,7-11,17H2,1-2H3. The van der Waals surface area contributed by atoms with Crippen molar-refractivity contribution in [1.29, 1.82) is 0 Å². The van der Waals surface area contributed by atoms with Crippen molar-refractivity contribution in [2.45, 2.75) is 45.4 Å². The van der Waals surface area contributed by atoms with Gasteiger partial charge in [0.15, 0.2) is 0 Å². The molecule has 1 aromatic rings. The summed E-state index contributed by atoms with van der Waals surface area (Å²) in [6.07, 6.45) is 5.14. The van der Waals surface area contributed by atoms with E-state index in [4.69, 9.17) is 5.73 Å². The summed E-state index contributed by atoms with van der Waals surface area (Å²) in [4.78, 5) is 0. The van der Waals surface area contributed by atoms with Gasteiger partial charge in [0.25, 0.3) is 0 Å². The van der Waals surface area contributed by atoms with Crippen LogP contribution in [0.25, 0.3) is 0 Å². The van der Waals surface area contributed by atoms with Crippen molar-refractivity contribution in [1.82, 2.24) is 0 Å². The Bertz CT molecular complexity index is 335. The second-order valence-electron chi connectivity index (χ2n) is 5.86. The summed E-state index contributed by atoms with van der Waals surface area (Å²) >= 11 is 0. The first-order valence-corrected chi connectivity index (χ1v) is 6.99. The fourth-order valence-electron chi connectivity index (χ4n) is 2.73. The van der Waals surface area contributed by atoms with E-state index in [9.17, 15) is 0 Å². The van der Waals surface area contributed by atoms with Gasteiger partial charge in [-0.1, -0.05) is 38.1 Å². The highest BCUT2D eigenvalue weighted by molar-refractivity contribution is 5.27. The maximum absolute atomic E-state index is 5.73. The molecule has 1 atom stereocenters. The number of hydrogen-bond donors (Lipinski definition) is 1. The molecule has 0 amide bonds. The van der Waals surface area contributed by atoms with E-state index in [0.29, 0.717) is 5.92 Å². The van der Waals surface area contributed by atoms with Crippen molar-refractivity contribution < 1.29 is 0 Å². The van der Waals surface area contributed by atoms with Gasteiger partial charge in [-0.3, -0.25) is 0 Å². The Labute approximate surface area is 105 Å². The van der Waals surface area contributed by atoms with Gasteiger partial charge in [0, 0.05) is 0 Å². The molecule has 0 aromatic heterocycles. The van der Waals surface area contributed by atoms with Crippen LogP contribution in [-0.2, 0) is 6.42 Å². The smallest absolute Gasteiger partial charge is 0.00713 e. The Morgan fingerprint density at radius 1 is 1.18 bits per heavy atom. The summed E-state index contributed by atoms with van der Waals surface area (Å²) in [5, 5.41) is 0. The van der Waals surface area contributed by atoms with Crippen LogP contribution < -0.4 is 5.73 Å². The van der Waals surface area contributed by atoms with Gasteiger partial charge in [-0.2, -0.15) is 0 Å². The van der Waals surface area contributed by atoms with E-state index in [1.807, 2.05) is 0 Å². The van der Waals surface area contributed by atoms with Crippen molar-refractivity contribution >= 4 is 0 Å². The molecule has 94 valence electrons. The molecule has 0 radical (unpaired) electrons. The van der Waals surface area contributed by atoms with Crippen LogP contribution in [0.2, 0.25) is 0 Å². The first-order chi connectivity index (χ1) is 8.20. The van der Waals surface area contributed by atoms with Crippen molar-refractivity contribution in [3.63, 3.8) is 0 Å². The largest absolute Gasteiger partial charge is 0.330 e. The maximum atomic E-state index is 5.73. The molecule has 1 aromatic carbocycles. The van der Waals surface area contributed by atoms with Gasteiger partial charge >= 0.3 is 0 Å². The van der Waals surface area contributed by atoms with Gasteiger partial charge in [0.2, 0.25) is 0 Å². The Morgan fingerprint density at radius 3 is 2.29 bits per heavy atom. The third-order valence-electron chi connectivity index (χ3n) is 3.72. The summed E-state index contributed by atoms with van der Waals surface area (Å²) in [7, 11) is 0. The summed E-state index contributed by atoms with van der Waals surface area (Å²) in [6.45, 7) is 5.36. The van der Waals surface area contributed by atoms with E-state index in [-0.39, 0.29) is 0 Å². The first-order valence-electron chi connectivity index (χ1n) is 6.99. The molecule has 1 heteroatoms. The molecule has 2 rings (SSSR count). The zero-order valence-electron chi connectivity index (χ0n) is 11.2. The molecule has 1 unspecified atom stereocenters. The van der Waals surface area contributed by atoms with E-state index in [2.05, 4.69) is 38.1 Å². The van der Waals surface area contributed by atoms with Crippen molar-refractivity contribution in [2.24, 2.45) is 17.6 Å². The fourth-order valence-corrected chi connectivity index (χ4v) is 2.73. The van der Waals surface area contributed by atoms with Crippen molar-refractivity contribution in [3.05, 3.63) is 35.4 Å². The molecule has 1 saturated carbocycles. The lowest BCUT2D eigenvalue weighted by Gasteiger charge is -2.16. The summed E-state index contributed by atoms with van der Waals surface area (Å²) in [5.74, 6) is 2.37. The number of hydrogen-bond acceptors (Lipinski definition) is 1. The maximum Gasteiger partial charge on any atom is -0.00713 e. The van der Waals surface area contributed by atoms with Crippen LogP contribution in [0.15, 0.2) is 24.3 Å². The third kappa shape index (κ3) is 3.57. The van der Waals surface area contributed by atoms with E-state index < -0.39 is 0 Å². The molecule has 1 fully saturated rings. The minimum absolute atomic E-state index is 0.716.